The van der Waals surface area contributed by atoms with Crippen molar-refractivity contribution in [2.24, 2.45) is 9.98 Å². The van der Waals surface area contributed by atoms with Crippen LogP contribution in [-0.4, -0.2) is 23.2 Å². The van der Waals surface area contributed by atoms with Gasteiger partial charge in [-0.25, -0.2) is 0 Å². The first-order valence-corrected chi connectivity index (χ1v) is 1.72. The van der Waals surface area contributed by atoms with Crippen molar-refractivity contribution >= 4 is 18.4 Å². The zero-order valence-electron chi connectivity index (χ0n) is 3.44. The Kier molecular flexibility index (Phi) is 0.805. The van der Waals surface area contributed by atoms with Gasteiger partial charge in [-0.3, -0.25) is 0 Å². The second-order valence-electron chi connectivity index (χ2n) is 0.956. The smallest absolute Gasteiger partial charge is 0.506 e. The van der Waals surface area contributed by atoms with Crippen molar-refractivity contribution in [3.8, 4) is 0 Å². The van der Waals surface area contributed by atoms with E-state index in [4.69, 9.17) is 5.53 Å². The second kappa shape index (κ2) is 1.45. The minimum Gasteiger partial charge on any atom is -0.542 e. The van der Waals surface area contributed by atoms with E-state index in [-0.39, 0.29) is 5.96 Å². The lowest BCUT2D eigenvalue weighted by Gasteiger charge is -1.60. The van der Waals surface area contributed by atoms with Crippen molar-refractivity contribution in [2.75, 3.05) is 0 Å². The van der Waals surface area contributed by atoms with E-state index in [1.165, 1.54) is 12.4 Å². The van der Waals surface area contributed by atoms with Gasteiger partial charge < -0.3 is 10.3 Å². The number of rotatable bonds is 0. The van der Waals surface area contributed by atoms with Gasteiger partial charge in [0.15, 0.2) is 0 Å². The fourth-order valence-corrected chi connectivity index (χ4v) is 0.285. The number of guanidine groups is 1. The van der Waals surface area contributed by atoms with Gasteiger partial charge in [0.05, 0.1) is 0 Å². The molecule has 4 heteroatoms. The molecule has 34 valence electrons. The molecular weight excluding hydrogens is 92.1 g/mol. The Morgan fingerprint density at radius 2 is 2.00 bits per heavy atom. The van der Waals surface area contributed by atoms with Crippen LogP contribution in [0.5, 0.6) is 0 Å². The Bertz CT molecular complexity index is 157. The molecule has 0 saturated heterocycles. The monoisotopic (exact) mass is 94.0 g/mol. The van der Waals surface area contributed by atoms with E-state index in [1.807, 2.05) is 0 Å². The van der Waals surface area contributed by atoms with Gasteiger partial charge in [-0.15, -0.1) is 0 Å². The molecule has 0 unspecified atom stereocenters. The molecule has 0 aromatic heterocycles. The van der Waals surface area contributed by atoms with Crippen LogP contribution in [0.1, 0.15) is 0 Å². The summed E-state index contributed by atoms with van der Waals surface area (Å²) < 4.78 is 0. The molecule has 0 radical (unpaired) electrons. The van der Waals surface area contributed by atoms with Crippen LogP contribution in [0.3, 0.4) is 0 Å². The molecule has 0 spiro atoms. The summed E-state index contributed by atoms with van der Waals surface area (Å²) in [6, 6.07) is 0. The molecule has 1 aliphatic rings. The molecule has 0 fully saturated rings. The predicted octanol–water partition coefficient (Wildman–Crippen LogP) is -0.273. The third-order valence-corrected chi connectivity index (χ3v) is 0.536. The van der Waals surface area contributed by atoms with E-state index in [1.54, 1.807) is 0 Å². The molecule has 0 N–H and O–H groups in total. The molecule has 1 aliphatic heterocycles. The molecule has 0 amide bonds. The molecule has 1 rings (SSSR count). The molecule has 0 aliphatic carbocycles. The van der Waals surface area contributed by atoms with Crippen molar-refractivity contribution < 1.29 is 4.79 Å². The van der Waals surface area contributed by atoms with E-state index in [0.29, 0.717) is 0 Å². The largest absolute Gasteiger partial charge is 0.542 e. The Morgan fingerprint density at radius 1 is 1.43 bits per heavy atom. The van der Waals surface area contributed by atoms with Crippen molar-refractivity contribution in [2.45, 2.75) is 0 Å². The second-order valence-corrected chi connectivity index (χ2v) is 0.956. The maximum atomic E-state index is 7.93. The molecule has 0 aromatic carbocycles. The van der Waals surface area contributed by atoms with Gasteiger partial charge in [0.25, 0.3) is 0 Å². The van der Waals surface area contributed by atoms with Crippen molar-refractivity contribution in [3.63, 3.8) is 0 Å². The predicted molar refractivity (Wildman–Crippen MR) is 25.6 cm³/mol. The molecule has 0 aromatic rings. The molecule has 4 nitrogen and oxygen atoms in total. The number of aliphatic imine (C=N–C) groups is 2. The Labute approximate surface area is 39.8 Å². The summed E-state index contributed by atoms with van der Waals surface area (Å²) in [6.07, 6.45) is 2.91. The molecule has 0 saturated carbocycles. The molecule has 1 heterocycles. The summed E-state index contributed by atoms with van der Waals surface area (Å²) in [6.45, 7) is 0. The van der Waals surface area contributed by atoms with Gasteiger partial charge in [0, 0.05) is 0 Å². The lowest BCUT2D eigenvalue weighted by atomic mass is 10.9. The van der Waals surface area contributed by atoms with E-state index in [2.05, 4.69) is 14.8 Å². The Balaban J connectivity index is 3.00. The summed E-state index contributed by atoms with van der Waals surface area (Å²) in [5, 5.41) is 0. The minimum absolute atomic E-state index is 0.111. The van der Waals surface area contributed by atoms with Crippen LogP contribution in [0.25, 0.3) is 5.53 Å². The van der Waals surface area contributed by atoms with Crippen LogP contribution >= 0.6 is 0 Å². The lowest BCUT2D eigenvalue weighted by molar-refractivity contribution is -0.00787. The first-order valence-electron chi connectivity index (χ1n) is 1.72. The summed E-state index contributed by atoms with van der Waals surface area (Å²) >= 11 is 0. The SMILES string of the molecule is [N-]=[N+]=C1N=CC=N1. The highest BCUT2D eigenvalue weighted by molar-refractivity contribution is 6.25. The first-order chi connectivity index (χ1) is 3.43. The standard InChI is InChI=1S/C3H2N4/c4-7-3-5-1-2-6-3/h1-2H. The number of nitrogens with zero attached hydrogens (tertiary/aromatic N) is 4. The number of hydrogen-bond acceptors (Lipinski definition) is 0. The van der Waals surface area contributed by atoms with Crippen molar-refractivity contribution in [1.82, 2.24) is 0 Å². The zero-order chi connectivity index (χ0) is 5.11. The van der Waals surface area contributed by atoms with Crippen LogP contribution in [0, 0.1) is 0 Å². The van der Waals surface area contributed by atoms with E-state index in [0.717, 1.165) is 0 Å². The average molecular weight is 94.1 g/mol. The van der Waals surface area contributed by atoms with Crippen molar-refractivity contribution in [3.05, 3.63) is 5.53 Å². The maximum absolute atomic E-state index is 7.93. The van der Waals surface area contributed by atoms with E-state index < -0.39 is 0 Å². The van der Waals surface area contributed by atoms with Gasteiger partial charge in [0.1, 0.15) is 12.4 Å². The molecule has 0 bridgehead atoms. The summed E-state index contributed by atoms with van der Waals surface area (Å²) in [5.74, 6) is 0.111. The maximum Gasteiger partial charge on any atom is 0.506 e. The van der Waals surface area contributed by atoms with Crippen molar-refractivity contribution in [1.29, 1.82) is 0 Å². The van der Waals surface area contributed by atoms with Crippen LogP contribution in [0.15, 0.2) is 9.98 Å². The lowest BCUT2D eigenvalue weighted by Crippen LogP contribution is -1.80. The van der Waals surface area contributed by atoms with Gasteiger partial charge in [-0.05, 0) is 0 Å². The molecule has 0 atom stereocenters. The van der Waals surface area contributed by atoms with Crippen LogP contribution in [0.2, 0.25) is 0 Å². The average Bonchev–Trinajstić information content (AvgIpc) is 2.14. The summed E-state index contributed by atoms with van der Waals surface area (Å²) in [7, 11) is 0. The third kappa shape index (κ3) is 0.586. The fraction of sp³-hybridized carbons (Fsp3) is 0. The van der Waals surface area contributed by atoms with E-state index in [9.17, 15) is 0 Å². The van der Waals surface area contributed by atoms with Gasteiger partial charge in [-0.2, -0.15) is 0 Å². The van der Waals surface area contributed by atoms with Crippen LogP contribution in [-0.2, 0) is 0 Å². The number of hydrogen-bond donors (Lipinski definition) is 0. The fourth-order valence-electron chi connectivity index (χ4n) is 0.285. The van der Waals surface area contributed by atoms with E-state index >= 15 is 0 Å². The highest BCUT2D eigenvalue weighted by Crippen LogP contribution is 1.78. The summed E-state index contributed by atoms with van der Waals surface area (Å²) in [4.78, 5) is 9.72. The Hall–Kier alpha value is -1.28. The van der Waals surface area contributed by atoms with Gasteiger partial charge in [-0.1, -0.05) is 9.98 Å². The quantitative estimate of drug-likeness (QED) is 0.293. The first kappa shape index (κ1) is 3.89. The van der Waals surface area contributed by atoms with Gasteiger partial charge >= 0.3 is 5.96 Å². The Morgan fingerprint density at radius 3 is 2.29 bits per heavy atom. The minimum atomic E-state index is 0.111. The molecule has 7 heavy (non-hydrogen) atoms. The normalized spacial score (nSPS) is 15.1. The summed E-state index contributed by atoms with van der Waals surface area (Å²) in [5.41, 5.74) is 7.93. The van der Waals surface area contributed by atoms with Crippen LogP contribution < -0.4 is 0 Å². The highest BCUT2D eigenvalue weighted by atomic mass is 15.1. The van der Waals surface area contributed by atoms with Gasteiger partial charge in [0.2, 0.25) is 0 Å². The zero-order valence-corrected chi connectivity index (χ0v) is 3.44. The highest BCUT2D eigenvalue weighted by Gasteiger charge is 2.04. The topological polar surface area (TPSA) is 61.1 Å². The van der Waals surface area contributed by atoms with Crippen LogP contribution in [0.4, 0.5) is 0 Å². The molecular formula is C3H2N4. The third-order valence-electron chi connectivity index (χ3n) is 0.536.